The minimum absolute atomic E-state index is 0.0851. The van der Waals surface area contributed by atoms with E-state index >= 15 is 0 Å². The lowest BCUT2D eigenvalue weighted by Gasteiger charge is -2.15. The van der Waals surface area contributed by atoms with E-state index in [2.05, 4.69) is 63.7 Å². The average molecular weight is 586 g/mol. The van der Waals surface area contributed by atoms with Crippen LogP contribution < -0.4 is 9.47 Å². The van der Waals surface area contributed by atoms with Crippen molar-refractivity contribution in [3.8, 4) is 11.5 Å². The van der Waals surface area contributed by atoms with Crippen LogP contribution in [-0.4, -0.2) is 20.0 Å². The van der Waals surface area contributed by atoms with E-state index in [4.69, 9.17) is 9.47 Å². The van der Waals surface area contributed by atoms with E-state index in [1.165, 1.54) is 0 Å². The van der Waals surface area contributed by atoms with Crippen LogP contribution in [0.2, 0.25) is 0 Å². The molecular weight excluding hydrogens is 572 g/mol. The second-order valence-electron chi connectivity index (χ2n) is 4.87. The van der Waals surface area contributed by atoms with Gasteiger partial charge in [-0.2, -0.15) is 0 Å². The van der Waals surface area contributed by atoms with Gasteiger partial charge in [0.1, 0.15) is 11.5 Å². The maximum absolute atomic E-state index is 13.3. The molecule has 7 heteroatoms. The second-order valence-corrected chi connectivity index (χ2v) is 7.70. The van der Waals surface area contributed by atoms with Crippen LogP contribution in [0.15, 0.2) is 33.2 Å². The standard InChI is InChI=1S/C17H14Br4O3/c1-23-9-3-11(13(7-18)15(20)5-9)17(22)12-4-10(24-2)6-16(21)14(12)8-19/h3-6H,7-8H2,1-2H3. The highest BCUT2D eigenvalue weighted by Gasteiger charge is 2.21. The zero-order chi connectivity index (χ0) is 17.9. The van der Waals surface area contributed by atoms with Crippen molar-refractivity contribution in [2.75, 3.05) is 14.2 Å². The zero-order valence-electron chi connectivity index (χ0n) is 13.0. The van der Waals surface area contributed by atoms with Gasteiger partial charge in [-0.3, -0.25) is 4.79 Å². The number of hydrogen-bond donors (Lipinski definition) is 0. The molecule has 0 saturated carbocycles. The van der Waals surface area contributed by atoms with Gasteiger partial charge in [-0.15, -0.1) is 0 Å². The fraction of sp³-hybridized carbons (Fsp3) is 0.235. The molecule has 0 aliphatic carbocycles. The number of methoxy groups -OCH3 is 2. The summed E-state index contributed by atoms with van der Waals surface area (Å²) in [4.78, 5) is 13.3. The molecule has 0 aliphatic rings. The predicted octanol–water partition coefficient (Wildman–Crippen LogP) is 6.25. The summed E-state index contributed by atoms with van der Waals surface area (Å²) in [7, 11) is 3.16. The SMILES string of the molecule is COc1cc(Br)c(CBr)c(C(=O)c2cc(OC)cc(Br)c2CBr)c1. The Balaban J connectivity index is 2.69. The maximum atomic E-state index is 13.3. The lowest BCUT2D eigenvalue weighted by atomic mass is 9.95. The van der Waals surface area contributed by atoms with Crippen molar-refractivity contribution < 1.29 is 14.3 Å². The molecule has 0 fully saturated rings. The molecule has 0 radical (unpaired) electrons. The van der Waals surface area contributed by atoms with Crippen LogP contribution in [0.4, 0.5) is 0 Å². The van der Waals surface area contributed by atoms with Gasteiger partial charge in [-0.1, -0.05) is 63.7 Å². The molecule has 24 heavy (non-hydrogen) atoms. The third-order valence-electron chi connectivity index (χ3n) is 3.57. The lowest BCUT2D eigenvalue weighted by molar-refractivity contribution is 0.103. The van der Waals surface area contributed by atoms with Crippen LogP contribution in [0.25, 0.3) is 0 Å². The van der Waals surface area contributed by atoms with E-state index < -0.39 is 0 Å². The molecule has 2 aromatic rings. The summed E-state index contributed by atoms with van der Waals surface area (Å²) in [5.41, 5.74) is 2.92. The van der Waals surface area contributed by atoms with Gasteiger partial charge in [-0.05, 0) is 35.4 Å². The van der Waals surface area contributed by atoms with E-state index in [0.29, 0.717) is 33.3 Å². The van der Waals surface area contributed by atoms with E-state index in [9.17, 15) is 4.79 Å². The molecule has 0 aromatic heterocycles. The number of rotatable bonds is 6. The number of benzene rings is 2. The largest absolute Gasteiger partial charge is 0.497 e. The Bertz CT molecular complexity index is 711. The number of carbonyl (C=O) groups is 1. The van der Waals surface area contributed by atoms with Gasteiger partial charge in [0.15, 0.2) is 5.78 Å². The highest BCUT2D eigenvalue weighted by atomic mass is 79.9. The first-order chi connectivity index (χ1) is 11.5. The number of alkyl halides is 2. The van der Waals surface area contributed by atoms with Gasteiger partial charge in [0, 0.05) is 30.7 Å². The van der Waals surface area contributed by atoms with Crippen molar-refractivity contribution in [2.24, 2.45) is 0 Å². The Kier molecular flexibility index (Phi) is 7.34. The van der Waals surface area contributed by atoms with E-state index in [-0.39, 0.29) is 5.78 Å². The smallest absolute Gasteiger partial charge is 0.193 e. The molecule has 0 atom stereocenters. The van der Waals surface area contributed by atoms with Crippen LogP contribution in [0.1, 0.15) is 27.0 Å². The first-order valence-electron chi connectivity index (χ1n) is 6.86. The normalized spacial score (nSPS) is 10.6. The number of halogens is 4. The number of ether oxygens (including phenoxy) is 2. The molecule has 3 nitrogen and oxygen atoms in total. The van der Waals surface area contributed by atoms with Gasteiger partial charge >= 0.3 is 0 Å². The summed E-state index contributed by atoms with van der Waals surface area (Å²) in [6, 6.07) is 7.21. The van der Waals surface area contributed by atoms with Crippen LogP contribution in [0.3, 0.4) is 0 Å². The van der Waals surface area contributed by atoms with Crippen LogP contribution in [0.5, 0.6) is 11.5 Å². The Morgan fingerprint density at radius 1 is 0.833 bits per heavy atom. The van der Waals surface area contributed by atoms with Gasteiger partial charge in [0.2, 0.25) is 0 Å². The highest BCUT2D eigenvalue weighted by molar-refractivity contribution is 9.11. The van der Waals surface area contributed by atoms with Crippen molar-refractivity contribution >= 4 is 69.5 Å². The number of carbonyl (C=O) groups excluding carboxylic acids is 1. The summed E-state index contributed by atoms with van der Waals surface area (Å²) < 4.78 is 12.3. The Hall–Kier alpha value is -0.370. The van der Waals surface area contributed by atoms with Crippen LogP contribution in [-0.2, 0) is 10.7 Å². The van der Waals surface area contributed by atoms with E-state index in [1.54, 1.807) is 26.4 Å². The summed E-state index contributed by atoms with van der Waals surface area (Å²) in [6.45, 7) is 0. The molecule has 0 bridgehead atoms. The molecule has 0 amide bonds. The highest BCUT2D eigenvalue weighted by Crippen LogP contribution is 2.34. The molecule has 0 saturated heterocycles. The summed E-state index contributed by atoms with van der Waals surface area (Å²) in [5, 5.41) is 1.10. The Morgan fingerprint density at radius 3 is 1.50 bits per heavy atom. The summed E-state index contributed by atoms with van der Waals surface area (Å²) in [6.07, 6.45) is 0. The quantitative estimate of drug-likeness (QED) is 0.297. The monoisotopic (exact) mass is 582 g/mol. The molecule has 0 heterocycles. The summed E-state index contributed by atoms with van der Waals surface area (Å²) >= 11 is 13.9. The van der Waals surface area contributed by atoms with E-state index in [0.717, 1.165) is 20.1 Å². The zero-order valence-corrected chi connectivity index (χ0v) is 19.3. The van der Waals surface area contributed by atoms with Crippen molar-refractivity contribution in [1.29, 1.82) is 0 Å². The molecule has 2 aromatic carbocycles. The van der Waals surface area contributed by atoms with Gasteiger partial charge in [0.25, 0.3) is 0 Å². The minimum atomic E-state index is -0.0851. The first kappa shape index (κ1) is 19.9. The topological polar surface area (TPSA) is 35.5 Å². The Labute approximate surface area is 174 Å². The molecular formula is C17H14Br4O3. The first-order valence-corrected chi connectivity index (χ1v) is 10.7. The Morgan fingerprint density at radius 2 is 1.21 bits per heavy atom. The minimum Gasteiger partial charge on any atom is -0.497 e. The number of hydrogen-bond acceptors (Lipinski definition) is 3. The van der Waals surface area contributed by atoms with Crippen molar-refractivity contribution in [1.82, 2.24) is 0 Å². The third kappa shape index (κ3) is 4.06. The average Bonchev–Trinajstić information content (AvgIpc) is 2.59. The van der Waals surface area contributed by atoms with Crippen LogP contribution >= 0.6 is 63.7 Å². The maximum Gasteiger partial charge on any atom is 0.193 e. The van der Waals surface area contributed by atoms with Crippen molar-refractivity contribution in [3.63, 3.8) is 0 Å². The molecule has 0 spiro atoms. The number of ketones is 1. The lowest BCUT2D eigenvalue weighted by Crippen LogP contribution is -2.09. The molecule has 128 valence electrons. The molecule has 2 rings (SSSR count). The summed E-state index contributed by atoms with van der Waals surface area (Å²) in [5.74, 6) is 1.16. The molecule has 0 N–H and O–H groups in total. The fourth-order valence-corrected chi connectivity index (χ4v) is 5.40. The van der Waals surface area contributed by atoms with Crippen LogP contribution in [0, 0.1) is 0 Å². The fourth-order valence-electron chi connectivity index (χ4n) is 2.28. The van der Waals surface area contributed by atoms with Gasteiger partial charge in [0.05, 0.1) is 14.2 Å². The molecule has 0 unspecified atom stereocenters. The second kappa shape index (κ2) is 8.83. The third-order valence-corrected chi connectivity index (χ3v) is 6.10. The van der Waals surface area contributed by atoms with Gasteiger partial charge in [-0.25, -0.2) is 0 Å². The van der Waals surface area contributed by atoms with E-state index in [1.807, 2.05) is 12.1 Å². The predicted molar refractivity (Wildman–Crippen MR) is 110 cm³/mol. The molecule has 0 aliphatic heterocycles. The van der Waals surface area contributed by atoms with Gasteiger partial charge < -0.3 is 9.47 Å². The van der Waals surface area contributed by atoms with Crippen molar-refractivity contribution in [2.45, 2.75) is 10.7 Å². The van der Waals surface area contributed by atoms with Crippen molar-refractivity contribution in [3.05, 3.63) is 55.5 Å².